The van der Waals surface area contributed by atoms with Gasteiger partial charge >= 0.3 is 0 Å². The van der Waals surface area contributed by atoms with Gasteiger partial charge in [-0.05, 0) is 24.6 Å². The van der Waals surface area contributed by atoms with E-state index in [1.54, 1.807) is 43.0 Å². The summed E-state index contributed by atoms with van der Waals surface area (Å²) in [5.74, 6) is 0. The van der Waals surface area contributed by atoms with Crippen LogP contribution in [0, 0.1) is 10.1 Å². The minimum atomic E-state index is -0.368. The molecular formula is C16H17N5O2. The topological polar surface area (TPSA) is 77.1 Å². The number of non-ortho nitro benzene ring substituents is 1. The number of nitrogens with zero attached hydrogens (tertiary/aromatic N) is 5. The Morgan fingerprint density at radius 3 is 2.91 bits per heavy atom. The summed E-state index contributed by atoms with van der Waals surface area (Å²) in [5, 5.41) is 11.7. The van der Waals surface area contributed by atoms with Crippen molar-refractivity contribution in [2.75, 3.05) is 18.5 Å². The molecule has 23 heavy (non-hydrogen) atoms. The monoisotopic (exact) mass is 311 g/mol. The van der Waals surface area contributed by atoms with Crippen molar-refractivity contribution in [2.24, 2.45) is 0 Å². The Labute approximate surface area is 133 Å². The highest BCUT2D eigenvalue weighted by molar-refractivity contribution is 5.96. The smallest absolute Gasteiger partial charge is 0.278 e. The molecule has 118 valence electrons. The molecule has 0 radical (unpaired) electrons. The molecule has 0 amide bonds. The van der Waals surface area contributed by atoms with Crippen LogP contribution in [0.3, 0.4) is 0 Å². The third kappa shape index (κ3) is 3.13. The second kappa shape index (κ2) is 6.43. The Kier molecular flexibility index (Phi) is 4.18. The third-order valence-electron chi connectivity index (χ3n) is 3.80. The number of nitro groups is 1. The zero-order valence-electron chi connectivity index (χ0n) is 12.8. The fourth-order valence-corrected chi connectivity index (χ4v) is 2.64. The van der Waals surface area contributed by atoms with Gasteiger partial charge in [0.2, 0.25) is 0 Å². The first-order valence-electron chi connectivity index (χ1n) is 7.36. The van der Waals surface area contributed by atoms with Crippen LogP contribution in [-0.2, 0) is 6.54 Å². The Morgan fingerprint density at radius 2 is 2.17 bits per heavy atom. The van der Waals surface area contributed by atoms with E-state index in [2.05, 4.69) is 14.9 Å². The van der Waals surface area contributed by atoms with E-state index in [1.165, 1.54) is 0 Å². The molecule has 0 aliphatic carbocycles. The largest absolute Gasteiger partial charge is 0.373 e. The molecule has 1 aromatic carbocycles. The lowest BCUT2D eigenvalue weighted by Gasteiger charge is -2.20. The quantitative estimate of drug-likeness (QED) is 0.517. The van der Waals surface area contributed by atoms with Gasteiger partial charge in [-0.3, -0.25) is 15.1 Å². The predicted octanol–water partition coefficient (Wildman–Crippen LogP) is 2.87. The second-order valence-corrected chi connectivity index (χ2v) is 5.34. The molecule has 0 saturated heterocycles. The number of hydrogen-bond donors (Lipinski definition) is 0. The van der Waals surface area contributed by atoms with Crippen LogP contribution in [0.1, 0.15) is 6.42 Å². The second-order valence-electron chi connectivity index (χ2n) is 5.34. The van der Waals surface area contributed by atoms with E-state index in [0.717, 1.165) is 25.2 Å². The van der Waals surface area contributed by atoms with Gasteiger partial charge in [-0.2, -0.15) is 0 Å². The molecule has 2 aromatic heterocycles. The molecule has 3 rings (SSSR count). The summed E-state index contributed by atoms with van der Waals surface area (Å²) in [4.78, 5) is 21.2. The maximum atomic E-state index is 11.2. The van der Waals surface area contributed by atoms with Crippen LogP contribution in [0.2, 0.25) is 0 Å². The molecule has 7 heteroatoms. The number of pyridine rings is 1. The first-order chi connectivity index (χ1) is 11.2. The molecule has 3 aromatic rings. The van der Waals surface area contributed by atoms with Crippen LogP contribution >= 0.6 is 0 Å². The van der Waals surface area contributed by atoms with Gasteiger partial charge in [-0.1, -0.05) is 0 Å². The number of imidazole rings is 1. The highest BCUT2D eigenvalue weighted by Crippen LogP contribution is 2.31. The van der Waals surface area contributed by atoms with Crippen molar-refractivity contribution in [3.05, 3.63) is 59.3 Å². The van der Waals surface area contributed by atoms with Gasteiger partial charge in [-0.25, -0.2) is 4.98 Å². The highest BCUT2D eigenvalue weighted by atomic mass is 16.6. The highest BCUT2D eigenvalue weighted by Gasteiger charge is 2.16. The lowest BCUT2D eigenvalue weighted by atomic mass is 10.1. The Hall–Kier alpha value is -2.96. The molecule has 0 atom stereocenters. The van der Waals surface area contributed by atoms with Crippen molar-refractivity contribution in [3.8, 4) is 0 Å². The summed E-state index contributed by atoms with van der Waals surface area (Å²) in [5.41, 5.74) is 1.65. The molecule has 0 fully saturated rings. The van der Waals surface area contributed by atoms with Gasteiger partial charge in [0.15, 0.2) is 0 Å². The molecule has 0 spiro atoms. The summed E-state index contributed by atoms with van der Waals surface area (Å²) < 4.78 is 2.03. The normalized spacial score (nSPS) is 10.8. The fraction of sp³-hybridized carbons (Fsp3) is 0.250. The van der Waals surface area contributed by atoms with Crippen LogP contribution in [-0.4, -0.2) is 33.1 Å². The Morgan fingerprint density at radius 1 is 1.30 bits per heavy atom. The summed E-state index contributed by atoms with van der Waals surface area (Å²) in [7, 11) is 1.98. The van der Waals surface area contributed by atoms with Crippen molar-refractivity contribution in [3.63, 3.8) is 0 Å². The average Bonchev–Trinajstić information content (AvgIpc) is 3.07. The fourth-order valence-electron chi connectivity index (χ4n) is 2.64. The van der Waals surface area contributed by atoms with Gasteiger partial charge in [0, 0.05) is 44.8 Å². The SMILES string of the molecule is CN(CCCn1ccnc1)c1ccc([N+](=O)[O-])c2cccnc12. The zero-order valence-corrected chi connectivity index (χ0v) is 12.8. The molecule has 0 bridgehead atoms. The van der Waals surface area contributed by atoms with E-state index >= 15 is 0 Å². The third-order valence-corrected chi connectivity index (χ3v) is 3.80. The summed E-state index contributed by atoms with van der Waals surface area (Å²) in [6.45, 7) is 1.70. The average molecular weight is 311 g/mol. The molecule has 0 unspecified atom stereocenters. The minimum absolute atomic E-state index is 0.0867. The molecule has 0 saturated carbocycles. The van der Waals surface area contributed by atoms with Crippen molar-refractivity contribution in [1.29, 1.82) is 0 Å². The van der Waals surface area contributed by atoms with Crippen molar-refractivity contribution in [2.45, 2.75) is 13.0 Å². The van der Waals surface area contributed by atoms with E-state index in [-0.39, 0.29) is 10.6 Å². The summed E-state index contributed by atoms with van der Waals surface area (Å²) in [6, 6.07) is 6.78. The van der Waals surface area contributed by atoms with Crippen LogP contribution in [0.4, 0.5) is 11.4 Å². The number of aryl methyl sites for hydroxylation is 1. The molecule has 0 N–H and O–H groups in total. The van der Waals surface area contributed by atoms with Gasteiger partial charge in [0.25, 0.3) is 5.69 Å². The summed E-state index contributed by atoms with van der Waals surface area (Å²) >= 11 is 0. The first kappa shape index (κ1) is 15.0. The molecule has 2 heterocycles. The molecule has 7 nitrogen and oxygen atoms in total. The van der Waals surface area contributed by atoms with Crippen molar-refractivity contribution >= 4 is 22.3 Å². The Balaban J connectivity index is 1.81. The maximum absolute atomic E-state index is 11.2. The van der Waals surface area contributed by atoms with Gasteiger partial charge in [0.1, 0.15) is 5.52 Å². The number of rotatable bonds is 6. The van der Waals surface area contributed by atoms with Gasteiger partial charge in [0.05, 0.1) is 22.3 Å². The number of aromatic nitrogens is 3. The van der Waals surface area contributed by atoms with Crippen molar-refractivity contribution < 1.29 is 4.92 Å². The van der Waals surface area contributed by atoms with E-state index in [4.69, 9.17) is 0 Å². The van der Waals surface area contributed by atoms with Gasteiger partial charge < -0.3 is 9.47 Å². The predicted molar refractivity (Wildman–Crippen MR) is 88.5 cm³/mol. The van der Waals surface area contributed by atoms with Crippen molar-refractivity contribution in [1.82, 2.24) is 14.5 Å². The first-order valence-corrected chi connectivity index (χ1v) is 7.36. The maximum Gasteiger partial charge on any atom is 0.278 e. The lowest BCUT2D eigenvalue weighted by molar-refractivity contribution is -0.383. The van der Waals surface area contributed by atoms with Gasteiger partial charge in [-0.15, -0.1) is 0 Å². The molecule has 0 aliphatic heterocycles. The van der Waals surface area contributed by atoms with E-state index in [1.807, 2.05) is 17.8 Å². The van der Waals surface area contributed by atoms with Crippen LogP contribution in [0.25, 0.3) is 10.9 Å². The van der Waals surface area contributed by atoms with E-state index < -0.39 is 0 Å². The van der Waals surface area contributed by atoms with Crippen LogP contribution in [0.15, 0.2) is 49.2 Å². The molecular weight excluding hydrogens is 294 g/mol. The number of nitro benzene ring substituents is 1. The zero-order chi connectivity index (χ0) is 16.2. The standard InChI is InChI=1S/C16H17N5O2/c1-19(9-3-10-20-11-8-17-12-20)15-6-5-14(21(22)23)13-4-2-7-18-16(13)15/h2,4-8,11-12H,3,9-10H2,1H3. The lowest BCUT2D eigenvalue weighted by Crippen LogP contribution is -2.20. The van der Waals surface area contributed by atoms with E-state index in [0.29, 0.717) is 10.9 Å². The van der Waals surface area contributed by atoms with Crippen LogP contribution < -0.4 is 4.90 Å². The number of anilines is 1. The van der Waals surface area contributed by atoms with Crippen LogP contribution in [0.5, 0.6) is 0 Å². The summed E-state index contributed by atoms with van der Waals surface area (Å²) in [6.07, 6.45) is 8.09. The number of hydrogen-bond acceptors (Lipinski definition) is 5. The number of benzene rings is 1. The van der Waals surface area contributed by atoms with E-state index in [9.17, 15) is 10.1 Å². The Bertz CT molecular complexity index is 816. The minimum Gasteiger partial charge on any atom is -0.373 e. The molecule has 0 aliphatic rings. The number of fused-ring (bicyclic) bond motifs is 1.